The number of hydrogen-bond donors (Lipinski definition) is 2. The van der Waals surface area contributed by atoms with Gasteiger partial charge in [0.2, 0.25) is 15.9 Å². The van der Waals surface area contributed by atoms with Crippen molar-refractivity contribution in [3.8, 4) is 0 Å². The molecule has 0 radical (unpaired) electrons. The van der Waals surface area contributed by atoms with Crippen LogP contribution in [0.4, 0.5) is 5.69 Å². The monoisotopic (exact) mass is 312 g/mol. The van der Waals surface area contributed by atoms with E-state index >= 15 is 0 Å². The molecule has 0 spiro atoms. The fourth-order valence-corrected chi connectivity index (χ4v) is 3.72. The second-order valence-corrected chi connectivity index (χ2v) is 6.98. The van der Waals surface area contributed by atoms with Gasteiger partial charge in [0.15, 0.2) is 0 Å². The van der Waals surface area contributed by atoms with Crippen molar-refractivity contribution in [1.82, 2.24) is 4.72 Å². The van der Waals surface area contributed by atoms with Crippen LogP contribution in [0.25, 0.3) is 0 Å². The molecule has 1 aliphatic heterocycles. The molecule has 1 unspecified atom stereocenters. The lowest BCUT2D eigenvalue weighted by Crippen LogP contribution is -2.36. The molecule has 1 heterocycles. The Labute approximate surface area is 124 Å². The van der Waals surface area contributed by atoms with Crippen LogP contribution in [-0.2, 0) is 21.2 Å². The number of nitrogens with zero attached hydrogens (tertiary/aromatic N) is 1. The van der Waals surface area contributed by atoms with Crippen LogP contribution in [0.2, 0.25) is 0 Å². The van der Waals surface area contributed by atoms with Crippen molar-refractivity contribution in [2.45, 2.75) is 37.6 Å². The number of aliphatic hydroxyl groups is 1. The first-order valence-corrected chi connectivity index (χ1v) is 8.37. The second kappa shape index (κ2) is 6.13. The Balaban J connectivity index is 2.35. The predicted octanol–water partition coefficient (Wildman–Crippen LogP) is 0.645. The van der Waals surface area contributed by atoms with Crippen LogP contribution >= 0.6 is 0 Å². The molecule has 0 bridgehead atoms. The van der Waals surface area contributed by atoms with E-state index in [1.54, 1.807) is 24.0 Å². The number of fused-ring (bicyclic) bond motifs is 1. The first-order chi connectivity index (χ1) is 9.85. The molecule has 0 aromatic heterocycles. The van der Waals surface area contributed by atoms with Gasteiger partial charge in [-0.15, -0.1) is 0 Å². The first kappa shape index (κ1) is 15.9. The highest BCUT2D eigenvalue weighted by molar-refractivity contribution is 7.89. The number of carbonyl (C=O) groups is 1. The van der Waals surface area contributed by atoms with E-state index in [1.165, 1.54) is 13.0 Å². The molecular formula is C14H20N2O4S. The topological polar surface area (TPSA) is 86.7 Å². The summed E-state index contributed by atoms with van der Waals surface area (Å²) in [6.07, 6.45) is 1.56. The zero-order valence-electron chi connectivity index (χ0n) is 12.2. The van der Waals surface area contributed by atoms with Crippen molar-refractivity contribution >= 4 is 21.6 Å². The molecule has 2 N–H and O–H groups in total. The SMILES string of the molecule is CC(=O)N1CCCc2cc(S(=O)(=O)NC(C)CO)ccc21. The van der Waals surface area contributed by atoms with E-state index in [0.717, 1.165) is 24.1 Å². The molecule has 116 valence electrons. The molecule has 7 heteroatoms. The highest BCUT2D eigenvalue weighted by atomic mass is 32.2. The van der Waals surface area contributed by atoms with Gasteiger partial charge in [0.1, 0.15) is 0 Å². The lowest BCUT2D eigenvalue weighted by atomic mass is 10.0. The maximum Gasteiger partial charge on any atom is 0.240 e. The van der Waals surface area contributed by atoms with Crippen molar-refractivity contribution in [2.75, 3.05) is 18.1 Å². The average molecular weight is 312 g/mol. The molecular weight excluding hydrogens is 292 g/mol. The Morgan fingerprint density at radius 2 is 2.19 bits per heavy atom. The highest BCUT2D eigenvalue weighted by Gasteiger charge is 2.23. The number of benzene rings is 1. The third-order valence-corrected chi connectivity index (χ3v) is 5.08. The Kier molecular flexibility index (Phi) is 4.65. The summed E-state index contributed by atoms with van der Waals surface area (Å²) >= 11 is 0. The summed E-state index contributed by atoms with van der Waals surface area (Å²) in [6.45, 7) is 3.49. The quantitative estimate of drug-likeness (QED) is 0.854. The maximum atomic E-state index is 12.2. The van der Waals surface area contributed by atoms with Gasteiger partial charge in [0.05, 0.1) is 11.5 Å². The van der Waals surface area contributed by atoms with Crippen LogP contribution in [0.5, 0.6) is 0 Å². The predicted molar refractivity (Wildman–Crippen MR) is 79.7 cm³/mol. The van der Waals surface area contributed by atoms with E-state index < -0.39 is 16.1 Å². The Morgan fingerprint density at radius 1 is 1.48 bits per heavy atom. The summed E-state index contributed by atoms with van der Waals surface area (Å²) in [4.78, 5) is 13.4. The third-order valence-electron chi connectivity index (χ3n) is 3.49. The van der Waals surface area contributed by atoms with Crippen molar-refractivity contribution < 1.29 is 18.3 Å². The zero-order valence-corrected chi connectivity index (χ0v) is 13.0. The second-order valence-electron chi connectivity index (χ2n) is 5.27. The standard InChI is InChI=1S/C14H20N2O4S/c1-10(9-17)15-21(19,20)13-5-6-14-12(8-13)4-3-7-16(14)11(2)18/h5-6,8,10,15,17H,3-4,7,9H2,1-2H3. The van der Waals surface area contributed by atoms with Crippen molar-refractivity contribution in [3.63, 3.8) is 0 Å². The number of sulfonamides is 1. The summed E-state index contributed by atoms with van der Waals surface area (Å²) in [6, 6.07) is 4.23. The zero-order chi connectivity index (χ0) is 15.6. The van der Waals surface area contributed by atoms with Crippen LogP contribution in [-0.4, -0.2) is 38.6 Å². The van der Waals surface area contributed by atoms with Gasteiger partial charge in [-0.3, -0.25) is 4.79 Å². The van der Waals surface area contributed by atoms with Gasteiger partial charge in [-0.2, -0.15) is 0 Å². The molecule has 1 aliphatic rings. The number of amides is 1. The minimum Gasteiger partial charge on any atom is -0.395 e. The molecule has 1 aromatic rings. The summed E-state index contributed by atoms with van der Waals surface area (Å²) in [5.41, 5.74) is 1.64. The lowest BCUT2D eigenvalue weighted by Gasteiger charge is -2.29. The average Bonchev–Trinajstić information content (AvgIpc) is 2.45. The highest BCUT2D eigenvalue weighted by Crippen LogP contribution is 2.29. The van der Waals surface area contributed by atoms with Crippen LogP contribution < -0.4 is 9.62 Å². The minimum absolute atomic E-state index is 0.0430. The molecule has 1 amide bonds. The number of nitrogens with one attached hydrogen (secondary N) is 1. The maximum absolute atomic E-state index is 12.2. The minimum atomic E-state index is -3.66. The van der Waals surface area contributed by atoms with Crippen LogP contribution in [0.1, 0.15) is 25.8 Å². The fourth-order valence-electron chi connectivity index (χ4n) is 2.44. The molecule has 2 rings (SSSR count). The van der Waals surface area contributed by atoms with Gasteiger partial charge in [-0.05, 0) is 43.5 Å². The van der Waals surface area contributed by atoms with Crippen LogP contribution in [0.3, 0.4) is 0 Å². The van der Waals surface area contributed by atoms with Gasteiger partial charge in [-0.25, -0.2) is 13.1 Å². The number of hydrogen-bond acceptors (Lipinski definition) is 4. The van der Waals surface area contributed by atoms with Crippen molar-refractivity contribution in [3.05, 3.63) is 23.8 Å². The summed E-state index contributed by atoms with van der Waals surface area (Å²) in [7, 11) is -3.66. The number of rotatable bonds is 4. The number of aryl methyl sites for hydroxylation is 1. The molecule has 1 atom stereocenters. The fraction of sp³-hybridized carbons (Fsp3) is 0.500. The van der Waals surface area contributed by atoms with E-state index in [9.17, 15) is 13.2 Å². The van der Waals surface area contributed by atoms with E-state index in [1.807, 2.05) is 0 Å². The van der Waals surface area contributed by atoms with Gasteiger partial charge < -0.3 is 10.0 Å². The van der Waals surface area contributed by atoms with E-state index in [2.05, 4.69) is 4.72 Å². The summed E-state index contributed by atoms with van der Waals surface area (Å²) in [5.74, 6) is -0.0430. The van der Waals surface area contributed by atoms with Crippen LogP contribution in [0.15, 0.2) is 23.1 Å². The van der Waals surface area contributed by atoms with E-state index in [0.29, 0.717) is 6.54 Å². The van der Waals surface area contributed by atoms with Crippen molar-refractivity contribution in [2.24, 2.45) is 0 Å². The first-order valence-electron chi connectivity index (χ1n) is 6.89. The van der Waals surface area contributed by atoms with Crippen LogP contribution in [0, 0.1) is 0 Å². The Morgan fingerprint density at radius 3 is 2.81 bits per heavy atom. The van der Waals surface area contributed by atoms with Crippen molar-refractivity contribution in [1.29, 1.82) is 0 Å². The third kappa shape index (κ3) is 3.42. The molecule has 1 aromatic carbocycles. The molecule has 0 saturated heterocycles. The molecule has 21 heavy (non-hydrogen) atoms. The Bertz CT molecular complexity index is 642. The van der Waals surface area contributed by atoms with E-state index in [-0.39, 0.29) is 17.4 Å². The summed E-state index contributed by atoms with van der Waals surface area (Å²) < 4.78 is 26.8. The van der Waals surface area contributed by atoms with Gasteiger partial charge in [0.25, 0.3) is 0 Å². The number of aliphatic hydroxyl groups excluding tert-OH is 1. The molecule has 0 aliphatic carbocycles. The smallest absolute Gasteiger partial charge is 0.240 e. The largest absolute Gasteiger partial charge is 0.395 e. The molecule has 0 fully saturated rings. The lowest BCUT2D eigenvalue weighted by molar-refractivity contribution is -0.116. The Hall–Kier alpha value is -1.44. The molecule has 6 nitrogen and oxygen atoms in total. The number of carbonyl (C=O) groups excluding carboxylic acids is 1. The van der Waals surface area contributed by atoms with Gasteiger partial charge >= 0.3 is 0 Å². The summed E-state index contributed by atoms with van der Waals surface area (Å²) in [5, 5.41) is 8.96. The van der Waals surface area contributed by atoms with Gasteiger partial charge in [-0.1, -0.05) is 0 Å². The molecule has 0 saturated carbocycles. The van der Waals surface area contributed by atoms with E-state index in [4.69, 9.17) is 5.11 Å². The number of anilines is 1. The van der Waals surface area contributed by atoms with Gasteiger partial charge in [0, 0.05) is 25.2 Å². The normalized spacial score (nSPS) is 16.4.